The van der Waals surface area contributed by atoms with Crippen LogP contribution in [0.1, 0.15) is 35.4 Å². The molecule has 0 radical (unpaired) electrons. The van der Waals surface area contributed by atoms with E-state index in [0.29, 0.717) is 12.8 Å². The number of rotatable bonds is 14. The van der Waals surface area contributed by atoms with Gasteiger partial charge < -0.3 is 24.5 Å². The lowest BCUT2D eigenvalue weighted by Gasteiger charge is -2.21. The van der Waals surface area contributed by atoms with Crippen molar-refractivity contribution in [1.29, 1.82) is 0 Å². The van der Waals surface area contributed by atoms with Gasteiger partial charge in [0, 0.05) is 12.5 Å². The first-order valence-electron chi connectivity index (χ1n) is 11.6. The van der Waals surface area contributed by atoms with Crippen LogP contribution in [-0.2, 0) is 20.8 Å². The number of benzene rings is 2. The third kappa shape index (κ3) is 8.93. The predicted molar refractivity (Wildman–Crippen MR) is 130 cm³/mol. The van der Waals surface area contributed by atoms with Crippen LogP contribution < -0.4 is 10.9 Å². The third-order valence-corrected chi connectivity index (χ3v) is 5.39. The Bertz CT molecular complexity index is 1220. The van der Waals surface area contributed by atoms with Gasteiger partial charge in [-0.2, -0.15) is 5.16 Å². The first kappa shape index (κ1) is 27.1. The van der Waals surface area contributed by atoms with Crippen LogP contribution >= 0.6 is 0 Å². The molecule has 12 heteroatoms. The molecule has 0 saturated carbocycles. The Kier molecular flexibility index (Phi) is 9.97. The zero-order valence-electron chi connectivity index (χ0n) is 19.8. The Morgan fingerprint density at radius 2 is 1.73 bits per heavy atom. The van der Waals surface area contributed by atoms with Crippen molar-refractivity contribution in [1.82, 2.24) is 10.5 Å². The zero-order chi connectivity index (χ0) is 26.6. The van der Waals surface area contributed by atoms with Crippen LogP contribution in [0.15, 0.2) is 70.0 Å². The van der Waals surface area contributed by atoms with E-state index in [1.807, 2.05) is 59.8 Å². The minimum Gasteiger partial charge on any atom is -0.464 e. The summed E-state index contributed by atoms with van der Waals surface area (Å²) < 4.78 is 9.87. The van der Waals surface area contributed by atoms with Gasteiger partial charge in [0.15, 0.2) is 6.10 Å². The minimum absolute atomic E-state index is 0.0521. The molecule has 0 saturated heterocycles. The predicted octanol–water partition coefficient (Wildman–Crippen LogP) is 2.26. The molecule has 1 heterocycles. The first-order chi connectivity index (χ1) is 17.8. The summed E-state index contributed by atoms with van der Waals surface area (Å²) in [6, 6.07) is 17.7. The van der Waals surface area contributed by atoms with Gasteiger partial charge in [-0.25, -0.2) is 4.79 Å². The second kappa shape index (κ2) is 13.6. The number of aliphatic hydroxyl groups excluding tert-OH is 1. The van der Waals surface area contributed by atoms with Gasteiger partial charge in [-0.1, -0.05) is 54.6 Å². The number of aromatic amines is 1. The Morgan fingerprint density at radius 3 is 2.38 bits per heavy atom. The van der Waals surface area contributed by atoms with Gasteiger partial charge >= 0.3 is 5.97 Å². The van der Waals surface area contributed by atoms with Crippen LogP contribution in [0.5, 0.6) is 0 Å². The van der Waals surface area contributed by atoms with Gasteiger partial charge in [-0.15, -0.1) is 10.1 Å². The molecular formula is C25H27N3O9. The molecule has 0 fully saturated rings. The maximum Gasteiger partial charge on any atom is 0.335 e. The highest BCUT2D eigenvalue weighted by Gasteiger charge is 2.25. The van der Waals surface area contributed by atoms with Gasteiger partial charge in [-0.05, 0) is 36.0 Å². The Hall–Kier alpha value is -4.45. The summed E-state index contributed by atoms with van der Waals surface area (Å²) in [4.78, 5) is 50.4. The molecule has 3 N–H and O–H groups in total. The molecule has 37 heavy (non-hydrogen) atoms. The largest absolute Gasteiger partial charge is 0.464 e. The Morgan fingerprint density at radius 1 is 1.05 bits per heavy atom. The van der Waals surface area contributed by atoms with Gasteiger partial charge in [0.1, 0.15) is 0 Å². The van der Waals surface area contributed by atoms with Crippen molar-refractivity contribution in [3.8, 4) is 11.1 Å². The highest BCUT2D eigenvalue weighted by Crippen LogP contribution is 2.20. The normalized spacial score (nSPS) is 12.4. The minimum atomic E-state index is -1.54. The monoisotopic (exact) mass is 513 g/mol. The number of amides is 1. The second-order valence-corrected chi connectivity index (χ2v) is 8.20. The van der Waals surface area contributed by atoms with Gasteiger partial charge in [-0.3, -0.25) is 9.59 Å². The lowest BCUT2D eigenvalue weighted by atomic mass is 9.97. The van der Waals surface area contributed by atoms with E-state index in [0.717, 1.165) is 22.8 Å². The standard InChI is InChI=1S/C25H27N3O9/c29-21(25(32)35-12-4-5-13-36-28(33)34)15-20(26-24(31)22-16-23(30)27-37-22)14-17-8-10-19(11-9-17)18-6-2-1-3-7-18/h1-3,6-11,16,20-21,29H,4-5,12-15H2,(H,26,31)(H,27,30)/t20-,21-/m1/s1. The number of unbranched alkanes of at least 4 members (excludes halogenated alkanes) is 1. The number of carbonyl (C=O) groups is 2. The number of hydrogen-bond acceptors (Lipinski definition) is 9. The van der Waals surface area contributed by atoms with Crippen molar-refractivity contribution in [2.45, 2.75) is 37.8 Å². The summed E-state index contributed by atoms with van der Waals surface area (Å²) in [6.07, 6.45) is -0.819. The molecule has 1 aromatic heterocycles. The van der Waals surface area contributed by atoms with Crippen LogP contribution in [0.4, 0.5) is 0 Å². The number of esters is 1. The zero-order valence-corrected chi connectivity index (χ0v) is 19.8. The fourth-order valence-electron chi connectivity index (χ4n) is 3.57. The third-order valence-electron chi connectivity index (χ3n) is 5.39. The number of aromatic nitrogens is 1. The maximum absolute atomic E-state index is 12.5. The molecule has 12 nitrogen and oxygen atoms in total. The van der Waals surface area contributed by atoms with E-state index in [1.54, 1.807) is 0 Å². The number of nitrogens with one attached hydrogen (secondary N) is 2. The molecule has 0 bridgehead atoms. The lowest BCUT2D eigenvalue weighted by Crippen LogP contribution is -2.41. The Labute approximate surface area is 211 Å². The number of hydrogen-bond donors (Lipinski definition) is 3. The van der Waals surface area contributed by atoms with Crippen molar-refractivity contribution < 1.29 is 33.9 Å². The fraction of sp³-hybridized carbons (Fsp3) is 0.320. The summed E-state index contributed by atoms with van der Waals surface area (Å²) in [6.45, 7) is -0.178. The number of nitrogens with zero attached hydrogens (tertiary/aromatic N) is 1. The molecule has 2 aromatic carbocycles. The summed E-state index contributed by atoms with van der Waals surface area (Å²) in [5.74, 6) is -1.80. The number of ether oxygens (including phenoxy) is 1. The molecule has 0 spiro atoms. The van der Waals surface area contributed by atoms with E-state index in [1.165, 1.54) is 0 Å². The topological polar surface area (TPSA) is 174 Å². The van der Waals surface area contributed by atoms with Crippen molar-refractivity contribution in [2.24, 2.45) is 0 Å². The summed E-state index contributed by atoms with van der Waals surface area (Å²) >= 11 is 0. The van der Waals surface area contributed by atoms with E-state index in [-0.39, 0.29) is 31.8 Å². The molecule has 3 rings (SSSR count). The molecule has 196 valence electrons. The van der Waals surface area contributed by atoms with Crippen LogP contribution in [0.3, 0.4) is 0 Å². The molecule has 0 unspecified atom stereocenters. The van der Waals surface area contributed by atoms with E-state index in [9.17, 15) is 29.6 Å². The molecular weight excluding hydrogens is 486 g/mol. The number of H-pyrrole nitrogens is 1. The molecule has 0 aliphatic rings. The molecule has 1 amide bonds. The van der Waals surface area contributed by atoms with Gasteiger partial charge in [0.25, 0.3) is 16.6 Å². The van der Waals surface area contributed by atoms with E-state index in [2.05, 4.69) is 10.2 Å². The van der Waals surface area contributed by atoms with Crippen molar-refractivity contribution in [2.75, 3.05) is 13.2 Å². The summed E-state index contributed by atoms with van der Waals surface area (Å²) in [5.41, 5.74) is 2.31. The van der Waals surface area contributed by atoms with E-state index < -0.39 is 34.7 Å². The van der Waals surface area contributed by atoms with Crippen molar-refractivity contribution in [3.63, 3.8) is 0 Å². The SMILES string of the molecule is O=C(N[C@H](Cc1ccc(-c2ccccc2)cc1)C[C@@H](O)C(=O)OCCCCO[N+](=O)[O-])c1cc(=O)[nH]o1. The average molecular weight is 514 g/mol. The summed E-state index contributed by atoms with van der Waals surface area (Å²) in [5, 5.41) is 24.3. The second-order valence-electron chi connectivity index (χ2n) is 8.20. The van der Waals surface area contributed by atoms with Gasteiger partial charge in [0.05, 0.1) is 19.3 Å². The smallest absolute Gasteiger partial charge is 0.335 e. The number of carbonyl (C=O) groups excluding carboxylic acids is 2. The molecule has 2 atom stereocenters. The average Bonchev–Trinajstić information content (AvgIpc) is 3.33. The van der Waals surface area contributed by atoms with Crippen molar-refractivity contribution >= 4 is 11.9 Å². The van der Waals surface area contributed by atoms with E-state index in [4.69, 9.17) is 9.26 Å². The van der Waals surface area contributed by atoms with Crippen LogP contribution in [-0.4, -0.2) is 52.6 Å². The Balaban J connectivity index is 1.61. The fourth-order valence-corrected chi connectivity index (χ4v) is 3.57. The quantitative estimate of drug-likeness (QED) is 0.126. The first-order valence-corrected chi connectivity index (χ1v) is 11.6. The summed E-state index contributed by atoms with van der Waals surface area (Å²) in [7, 11) is 0. The van der Waals surface area contributed by atoms with Crippen LogP contribution in [0.2, 0.25) is 0 Å². The number of aliphatic hydroxyl groups is 1. The molecule has 0 aliphatic heterocycles. The maximum atomic E-state index is 12.5. The van der Waals surface area contributed by atoms with Crippen LogP contribution in [0.25, 0.3) is 11.1 Å². The highest BCUT2D eigenvalue weighted by molar-refractivity contribution is 5.91. The molecule has 3 aromatic rings. The lowest BCUT2D eigenvalue weighted by molar-refractivity contribution is -0.757. The van der Waals surface area contributed by atoms with Crippen LogP contribution in [0, 0.1) is 10.1 Å². The van der Waals surface area contributed by atoms with Crippen molar-refractivity contribution in [3.05, 3.63) is 92.5 Å². The molecule has 0 aliphatic carbocycles. The van der Waals surface area contributed by atoms with E-state index >= 15 is 0 Å². The van der Waals surface area contributed by atoms with Gasteiger partial charge in [0.2, 0.25) is 5.76 Å². The highest BCUT2D eigenvalue weighted by atomic mass is 16.9.